The molecule has 0 amide bonds. The highest BCUT2D eigenvalue weighted by Gasteiger charge is 2.35. The van der Waals surface area contributed by atoms with E-state index >= 15 is 0 Å². The van der Waals surface area contributed by atoms with Crippen molar-refractivity contribution in [1.29, 1.82) is 0 Å². The molecule has 1 heterocycles. The fourth-order valence-corrected chi connectivity index (χ4v) is 2.67. The molecule has 0 unspecified atom stereocenters. The van der Waals surface area contributed by atoms with E-state index in [9.17, 15) is 4.79 Å². The van der Waals surface area contributed by atoms with E-state index in [0.29, 0.717) is 11.5 Å². The van der Waals surface area contributed by atoms with Gasteiger partial charge in [0.2, 0.25) is 0 Å². The van der Waals surface area contributed by atoms with Gasteiger partial charge in [-0.25, -0.2) is 0 Å². The minimum atomic E-state index is -0.162. The second-order valence-electron chi connectivity index (χ2n) is 5.43. The molecule has 0 radical (unpaired) electrons. The fourth-order valence-electron chi connectivity index (χ4n) is 2.67. The van der Waals surface area contributed by atoms with E-state index in [-0.39, 0.29) is 24.0 Å². The van der Waals surface area contributed by atoms with Crippen molar-refractivity contribution in [3.8, 4) is 11.5 Å². The van der Waals surface area contributed by atoms with Gasteiger partial charge in [0.05, 0.1) is 26.2 Å². The van der Waals surface area contributed by atoms with Crippen LogP contribution in [0, 0.1) is 5.92 Å². The molecule has 1 aliphatic rings. The van der Waals surface area contributed by atoms with Crippen LogP contribution in [0.2, 0.25) is 0 Å². The van der Waals surface area contributed by atoms with Crippen LogP contribution in [-0.2, 0) is 9.53 Å². The first-order chi connectivity index (χ1) is 10.1. The summed E-state index contributed by atoms with van der Waals surface area (Å²) in [5, 5.41) is 3.37. The zero-order valence-electron chi connectivity index (χ0n) is 13.0. The molecule has 2 rings (SSSR count). The Balaban J connectivity index is 2.21. The second kappa shape index (κ2) is 6.80. The number of methoxy groups -OCH3 is 2. The lowest BCUT2D eigenvalue weighted by Crippen LogP contribution is -2.27. The first-order valence-corrected chi connectivity index (χ1v) is 7.22. The van der Waals surface area contributed by atoms with Crippen LogP contribution in [0.5, 0.6) is 11.5 Å². The van der Waals surface area contributed by atoms with Crippen LogP contribution in [0.25, 0.3) is 0 Å². The maximum Gasteiger partial charge on any atom is 0.311 e. The third kappa shape index (κ3) is 3.47. The van der Waals surface area contributed by atoms with E-state index < -0.39 is 0 Å². The Morgan fingerprint density at radius 2 is 1.95 bits per heavy atom. The zero-order chi connectivity index (χ0) is 15.4. The van der Waals surface area contributed by atoms with Crippen molar-refractivity contribution in [2.45, 2.75) is 32.4 Å². The Kier molecular flexibility index (Phi) is 5.07. The Bertz CT molecular complexity index is 501. The van der Waals surface area contributed by atoms with Crippen LogP contribution in [0.3, 0.4) is 0 Å². The van der Waals surface area contributed by atoms with E-state index in [1.54, 1.807) is 14.2 Å². The summed E-state index contributed by atoms with van der Waals surface area (Å²) in [5.41, 5.74) is 1.01. The van der Waals surface area contributed by atoms with Gasteiger partial charge in [-0.05, 0) is 44.5 Å². The Morgan fingerprint density at radius 3 is 2.57 bits per heavy atom. The molecule has 1 aromatic carbocycles. The third-order valence-corrected chi connectivity index (χ3v) is 3.64. The van der Waals surface area contributed by atoms with Gasteiger partial charge in [-0.15, -0.1) is 0 Å². The summed E-state index contributed by atoms with van der Waals surface area (Å²) in [6.45, 7) is 4.54. The summed E-state index contributed by atoms with van der Waals surface area (Å²) in [5.74, 6) is 1.04. The number of benzene rings is 1. The summed E-state index contributed by atoms with van der Waals surface area (Å²) in [6, 6.07) is 5.69. The number of nitrogens with one attached hydrogen (secondary N) is 1. The van der Waals surface area contributed by atoms with E-state index in [4.69, 9.17) is 14.2 Å². The van der Waals surface area contributed by atoms with Crippen LogP contribution in [0.1, 0.15) is 31.9 Å². The lowest BCUT2D eigenvalue weighted by atomic mass is 9.94. The lowest BCUT2D eigenvalue weighted by Gasteiger charge is -2.21. The summed E-state index contributed by atoms with van der Waals surface area (Å²) >= 11 is 0. The van der Waals surface area contributed by atoms with Crippen LogP contribution in [0.4, 0.5) is 0 Å². The molecule has 0 aliphatic carbocycles. The molecular formula is C16H23NO4. The highest BCUT2D eigenvalue weighted by atomic mass is 16.5. The third-order valence-electron chi connectivity index (χ3n) is 3.64. The van der Waals surface area contributed by atoms with E-state index in [2.05, 4.69) is 5.32 Å². The SMILES string of the molecule is COc1ccc([C@H]2NCC[C@H]2C(=O)OC(C)C)cc1OC. The molecule has 5 nitrogen and oxygen atoms in total. The number of carbonyl (C=O) groups excluding carboxylic acids is 1. The molecule has 1 fully saturated rings. The van der Waals surface area contributed by atoms with Crippen molar-refractivity contribution in [3.63, 3.8) is 0 Å². The van der Waals surface area contributed by atoms with Gasteiger partial charge in [-0.2, -0.15) is 0 Å². The van der Waals surface area contributed by atoms with Crippen molar-refractivity contribution >= 4 is 5.97 Å². The van der Waals surface area contributed by atoms with Gasteiger partial charge in [-0.3, -0.25) is 4.79 Å². The van der Waals surface area contributed by atoms with Gasteiger partial charge >= 0.3 is 5.97 Å². The maximum absolute atomic E-state index is 12.2. The number of hydrogen-bond acceptors (Lipinski definition) is 5. The molecule has 21 heavy (non-hydrogen) atoms. The fraction of sp³-hybridized carbons (Fsp3) is 0.562. The minimum Gasteiger partial charge on any atom is -0.493 e. The summed E-state index contributed by atoms with van der Waals surface area (Å²) in [6.07, 6.45) is 0.689. The van der Waals surface area contributed by atoms with Crippen molar-refractivity contribution < 1.29 is 19.0 Å². The van der Waals surface area contributed by atoms with Crippen molar-refractivity contribution in [3.05, 3.63) is 23.8 Å². The highest BCUT2D eigenvalue weighted by molar-refractivity contribution is 5.74. The molecule has 1 saturated heterocycles. The first-order valence-electron chi connectivity index (χ1n) is 7.22. The van der Waals surface area contributed by atoms with Gasteiger partial charge < -0.3 is 19.5 Å². The predicted molar refractivity (Wildman–Crippen MR) is 79.6 cm³/mol. The van der Waals surface area contributed by atoms with Gasteiger partial charge in [0, 0.05) is 6.04 Å². The Labute approximate surface area is 125 Å². The molecule has 0 bridgehead atoms. The van der Waals surface area contributed by atoms with Crippen LogP contribution in [0.15, 0.2) is 18.2 Å². The molecule has 0 saturated carbocycles. The number of hydrogen-bond donors (Lipinski definition) is 1. The molecule has 2 atom stereocenters. The van der Waals surface area contributed by atoms with Crippen molar-refractivity contribution in [2.75, 3.05) is 20.8 Å². The maximum atomic E-state index is 12.2. The molecule has 0 aromatic heterocycles. The summed E-state index contributed by atoms with van der Waals surface area (Å²) in [4.78, 5) is 12.2. The lowest BCUT2D eigenvalue weighted by molar-refractivity contribution is -0.152. The molecule has 1 aliphatic heterocycles. The molecule has 0 spiro atoms. The van der Waals surface area contributed by atoms with E-state index in [1.807, 2.05) is 32.0 Å². The Hall–Kier alpha value is -1.75. The van der Waals surface area contributed by atoms with Crippen LogP contribution < -0.4 is 14.8 Å². The molecule has 1 N–H and O–H groups in total. The Morgan fingerprint density at radius 1 is 1.24 bits per heavy atom. The highest BCUT2D eigenvalue weighted by Crippen LogP contribution is 2.36. The quantitative estimate of drug-likeness (QED) is 0.844. The molecule has 5 heteroatoms. The smallest absolute Gasteiger partial charge is 0.311 e. The minimum absolute atomic E-state index is 0.0453. The molecule has 116 valence electrons. The molecular weight excluding hydrogens is 270 g/mol. The number of rotatable bonds is 5. The van der Waals surface area contributed by atoms with E-state index in [1.165, 1.54) is 0 Å². The summed E-state index contributed by atoms with van der Waals surface area (Å²) in [7, 11) is 3.21. The molecule has 1 aromatic rings. The number of ether oxygens (including phenoxy) is 3. The first kappa shape index (κ1) is 15.6. The van der Waals surface area contributed by atoms with Gasteiger partial charge in [0.1, 0.15) is 0 Å². The van der Waals surface area contributed by atoms with E-state index in [0.717, 1.165) is 18.5 Å². The number of carbonyl (C=O) groups is 1. The number of esters is 1. The predicted octanol–water partition coefficient (Wildman–Crippen LogP) is 2.31. The monoisotopic (exact) mass is 293 g/mol. The zero-order valence-corrected chi connectivity index (χ0v) is 13.0. The van der Waals surface area contributed by atoms with Crippen LogP contribution in [-0.4, -0.2) is 32.8 Å². The van der Waals surface area contributed by atoms with Gasteiger partial charge in [-0.1, -0.05) is 6.07 Å². The normalized spacial score (nSPS) is 21.4. The average molecular weight is 293 g/mol. The van der Waals surface area contributed by atoms with Gasteiger partial charge in [0.25, 0.3) is 0 Å². The standard InChI is InChI=1S/C16H23NO4/c1-10(2)21-16(18)12-7-8-17-15(12)11-5-6-13(19-3)14(9-11)20-4/h5-6,9-10,12,15,17H,7-8H2,1-4H3/t12-,15-/m1/s1. The second-order valence-corrected chi connectivity index (χ2v) is 5.43. The topological polar surface area (TPSA) is 56.8 Å². The largest absolute Gasteiger partial charge is 0.493 e. The van der Waals surface area contributed by atoms with Crippen molar-refractivity contribution in [1.82, 2.24) is 5.32 Å². The average Bonchev–Trinajstić information content (AvgIpc) is 2.95. The van der Waals surface area contributed by atoms with Crippen molar-refractivity contribution in [2.24, 2.45) is 5.92 Å². The van der Waals surface area contributed by atoms with Crippen LogP contribution >= 0.6 is 0 Å². The van der Waals surface area contributed by atoms with Gasteiger partial charge in [0.15, 0.2) is 11.5 Å². The summed E-state index contributed by atoms with van der Waals surface area (Å²) < 4.78 is 15.9.